The summed E-state index contributed by atoms with van der Waals surface area (Å²) in [6, 6.07) is 0. The summed E-state index contributed by atoms with van der Waals surface area (Å²) in [4.78, 5) is 4.94. The standard InChI is InChI=1S/C13H28N2O/c1-12(2,3)15-9-7-14(8-10-15)11-16-13(4,5)6/h7-11H2,1-6H3. The quantitative estimate of drug-likeness (QED) is 0.720. The van der Waals surface area contributed by atoms with Gasteiger partial charge in [-0.3, -0.25) is 9.80 Å². The van der Waals surface area contributed by atoms with E-state index in [2.05, 4.69) is 51.3 Å². The van der Waals surface area contributed by atoms with E-state index in [0.717, 1.165) is 32.9 Å². The molecule has 0 unspecified atom stereocenters. The van der Waals surface area contributed by atoms with Gasteiger partial charge in [-0.2, -0.15) is 0 Å². The van der Waals surface area contributed by atoms with Crippen molar-refractivity contribution < 1.29 is 4.74 Å². The highest BCUT2D eigenvalue weighted by atomic mass is 16.5. The van der Waals surface area contributed by atoms with Crippen molar-refractivity contribution in [1.29, 1.82) is 0 Å². The summed E-state index contributed by atoms with van der Waals surface area (Å²) >= 11 is 0. The van der Waals surface area contributed by atoms with E-state index < -0.39 is 0 Å². The average molecular weight is 228 g/mol. The maximum atomic E-state index is 5.80. The molecule has 1 rings (SSSR count). The molecule has 0 aliphatic carbocycles. The van der Waals surface area contributed by atoms with Gasteiger partial charge in [0.2, 0.25) is 0 Å². The predicted molar refractivity (Wildman–Crippen MR) is 68.6 cm³/mol. The first-order chi connectivity index (χ1) is 7.18. The third-order valence-electron chi connectivity index (χ3n) is 3.00. The Labute approximate surface area is 101 Å². The van der Waals surface area contributed by atoms with Crippen LogP contribution in [0.25, 0.3) is 0 Å². The van der Waals surface area contributed by atoms with Gasteiger partial charge >= 0.3 is 0 Å². The van der Waals surface area contributed by atoms with Gasteiger partial charge in [0.05, 0.1) is 12.3 Å². The fourth-order valence-electron chi connectivity index (χ4n) is 1.83. The Balaban J connectivity index is 2.28. The van der Waals surface area contributed by atoms with Gasteiger partial charge in [-0.1, -0.05) is 0 Å². The maximum absolute atomic E-state index is 5.80. The minimum Gasteiger partial charge on any atom is -0.360 e. The van der Waals surface area contributed by atoms with E-state index in [4.69, 9.17) is 4.74 Å². The van der Waals surface area contributed by atoms with Crippen molar-refractivity contribution in [1.82, 2.24) is 9.80 Å². The second-order valence-corrected chi connectivity index (χ2v) is 6.66. The Morgan fingerprint density at radius 3 is 1.75 bits per heavy atom. The van der Waals surface area contributed by atoms with Crippen molar-refractivity contribution in [3.05, 3.63) is 0 Å². The van der Waals surface area contributed by atoms with E-state index in [9.17, 15) is 0 Å². The molecule has 0 aromatic carbocycles. The van der Waals surface area contributed by atoms with Crippen LogP contribution >= 0.6 is 0 Å². The van der Waals surface area contributed by atoms with E-state index in [0.29, 0.717) is 5.54 Å². The fourth-order valence-corrected chi connectivity index (χ4v) is 1.83. The highest BCUT2D eigenvalue weighted by molar-refractivity contribution is 4.81. The Morgan fingerprint density at radius 2 is 1.38 bits per heavy atom. The minimum atomic E-state index is -0.0266. The van der Waals surface area contributed by atoms with Crippen molar-refractivity contribution in [3.8, 4) is 0 Å². The molecule has 3 nitrogen and oxygen atoms in total. The second kappa shape index (κ2) is 5.03. The Morgan fingerprint density at radius 1 is 0.875 bits per heavy atom. The summed E-state index contributed by atoms with van der Waals surface area (Å²) in [6.45, 7) is 18.5. The van der Waals surface area contributed by atoms with Crippen molar-refractivity contribution in [2.24, 2.45) is 0 Å². The number of ether oxygens (including phenoxy) is 1. The Hall–Kier alpha value is -0.120. The molecule has 1 heterocycles. The molecule has 0 aromatic rings. The summed E-state index contributed by atoms with van der Waals surface area (Å²) in [5, 5.41) is 0. The molecule has 0 N–H and O–H groups in total. The second-order valence-electron chi connectivity index (χ2n) is 6.66. The molecule has 3 heteroatoms. The molecule has 1 fully saturated rings. The molecule has 0 saturated carbocycles. The molecule has 0 atom stereocenters. The van der Waals surface area contributed by atoms with E-state index in [1.165, 1.54) is 0 Å². The third kappa shape index (κ3) is 4.81. The van der Waals surface area contributed by atoms with Crippen LogP contribution < -0.4 is 0 Å². The monoisotopic (exact) mass is 228 g/mol. The van der Waals surface area contributed by atoms with Crippen LogP contribution in [0.4, 0.5) is 0 Å². The van der Waals surface area contributed by atoms with Crippen molar-refractivity contribution in [2.75, 3.05) is 32.9 Å². The van der Waals surface area contributed by atoms with Gasteiger partial charge in [0.15, 0.2) is 0 Å². The van der Waals surface area contributed by atoms with Crippen LogP contribution in [0.5, 0.6) is 0 Å². The number of piperazine rings is 1. The van der Waals surface area contributed by atoms with Crippen LogP contribution in [-0.4, -0.2) is 53.8 Å². The van der Waals surface area contributed by atoms with Gasteiger partial charge in [-0.05, 0) is 41.5 Å². The SMILES string of the molecule is CC(C)(C)OCN1CCN(C(C)(C)C)CC1. The van der Waals surface area contributed by atoms with Crippen LogP contribution in [-0.2, 0) is 4.74 Å². The maximum Gasteiger partial charge on any atom is 0.0998 e. The molecule has 1 aliphatic heterocycles. The van der Waals surface area contributed by atoms with Crippen molar-refractivity contribution >= 4 is 0 Å². The smallest absolute Gasteiger partial charge is 0.0998 e. The molecule has 0 bridgehead atoms. The molecule has 0 radical (unpaired) electrons. The molecule has 16 heavy (non-hydrogen) atoms. The average Bonchev–Trinajstić information content (AvgIpc) is 2.13. The van der Waals surface area contributed by atoms with Crippen LogP contribution in [0.1, 0.15) is 41.5 Å². The molecular formula is C13H28N2O. The van der Waals surface area contributed by atoms with Gasteiger partial charge in [0.1, 0.15) is 0 Å². The molecule has 96 valence electrons. The highest BCUT2D eigenvalue weighted by Gasteiger charge is 2.26. The van der Waals surface area contributed by atoms with E-state index >= 15 is 0 Å². The van der Waals surface area contributed by atoms with Gasteiger partial charge in [0, 0.05) is 31.7 Å². The normalized spacial score (nSPS) is 21.4. The Kier molecular flexibility index (Phi) is 4.38. The number of nitrogens with zero attached hydrogens (tertiary/aromatic N) is 2. The number of hydrogen-bond acceptors (Lipinski definition) is 3. The highest BCUT2D eigenvalue weighted by Crippen LogP contribution is 2.16. The molecule has 0 spiro atoms. The van der Waals surface area contributed by atoms with E-state index in [-0.39, 0.29) is 5.60 Å². The lowest BCUT2D eigenvalue weighted by Gasteiger charge is -2.42. The first-order valence-electron chi connectivity index (χ1n) is 6.30. The topological polar surface area (TPSA) is 15.7 Å². The van der Waals surface area contributed by atoms with Gasteiger partial charge in [-0.25, -0.2) is 0 Å². The van der Waals surface area contributed by atoms with Crippen LogP contribution in [0.2, 0.25) is 0 Å². The summed E-state index contributed by atoms with van der Waals surface area (Å²) in [5.41, 5.74) is 0.276. The molecule has 1 aliphatic rings. The van der Waals surface area contributed by atoms with Crippen LogP contribution in [0, 0.1) is 0 Å². The van der Waals surface area contributed by atoms with E-state index in [1.54, 1.807) is 0 Å². The molecule has 1 saturated heterocycles. The third-order valence-corrected chi connectivity index (χ3v) is 3.00. The minimum absolute atomic E-state index is 0.0266. The van der Waals surface area contributed by atoms with Crippen LogP contribution in [0.15, 0.2) is 0 Å². The van der Waals surface area contributed by atoms with Crippen LogP contribution in [0.3, 0.4) is 0 Å². The molecule has 0 aromatic heterocycles. The summed E-state index contributed by atoms with van der Waals surface area (Å²) < 4.78 is 5.80. The van der Waals surface area contributed by atoms with Gasteiger partial charge in [-0.15, -0.1) is 0 Å². The molecule has 0 amide bonds. The summed E-state index contributed by atoms with van der Waals surface area (Å²) in [5.74, 6) is 0. The predicted octanol–water partition coefficient (Wildman–Crippen LogP) is 2.18. The number of rotatable bonds is 2. The summed E-state index contributed by atoms with van der Waals surface area (Å²) in [7, 11) is 0. The lowest BCUT2D eigenvalue weighted by Crippen LogP contribution is -2.54. The summed E-state index contributed by atoms with van der Waals surface area (Å²) in [6.07, 6.45) is 0. The van der Waals surface area contributed by atoms with Gasteiger partial charge in [0.25, 0.3) is 0 Å². The number of hydrogen-bond donors (Lipinski definition) is 0. The van der Waals surface area contributed by atoms with Crippen molar-refractivity contribution in [2.45, 2.75) is 52.7 Å². The first-order valence-corrected chi connectivity index (χ1v) is 6.30. The zero-order valence-electron chi connectivity index (χ0n) is 11.8. The Bertz CT molecular complexity index is 207. The van der Waals surface area contributed by atoms with Crippen molar-refractivity contribution in [3.63, 3.8) is 0 Å². The largest absolute Gasteiger partial charge is 0.360 e. The van der Waals surface area contributed by atoms with Gasteiger partial charge < -0.3 is 4.74 Å². The lowest BCUT2D eigenvalue weighted by molar-refractivity contribution is -0.0796. The zero-order chi connectivity index (χ0) is 12.4. The fraction of sp³-hybridized carbons (Fsp3) is 1.00. The molecular weight excluding hydrogens is 200 g/mol. The lowest BCUT2D eigenvalue weighted by atomic mass is 10.1. The van der Waals surface area contributed by atoms with E-state index in [1.807, 2.05) is 0 Å². The zero-order valence-corrected chi connectivity index (χ0v) is 11.8. The first kappa shape index (κ1) is 13.9.